The molecule has 0 fully saturated rings. The van der Waals surface area contributed by atoms with E-state index in [0.717, 1.165) is 22.4 Å². The molecule has 1 heterocycles. The molecule has 174 valence electrons. The highest BCUT2D eigenvalue weighted by Gasteiger charge is 2.23. The van der Waals surface area contributed by atoms with Gasteiger partial charge in [0.05, 0.1) is 6.54 Å². The molecule has 0 radical (unpaired) electrons. The SMILES string of the molecule is CCC(C)CN(CC(=O)N(Cc1ccccc1)Cc1cccs1)C(=O)NCc1ccccc1. The maximum atomic E-state index is 13.4. The van der Waals surface area contributed by atoms with Crippen molar-refractivity contribution in [2.75, 3.05) is 13.1 Å². The summed E-state index contributed by atoms with van der Waals surface area (Å²) in [6.07, 6.45) is 0.944. The van der Waals surface area contributed by atoms with Gasteiger partial charge >= 0.3 is 6.03 Å². The van der Waals surface area contributed by atoms with Crippen LogP contribution in [-0.2, 0) is 24.4 Å². The average Bonchev–Trinajstić information content (AvgIpc) is 3.36. The van der Waals surface area contributed by atoms with Crippen molar-refractivity contribution in [1.29, 1.82) is 0 Å². The summed E-state index contributed by atoms with van der Waals surface area (Å²) in [5.41, 5.74) is 2.11. The first-order valence-electron chi connectivity index (χ1n) is 11.5. The van der Waals surface area contributed by atoms with E-state index in [0.29, 0.717) is 32.1 Å². The zero-order valence-electron chi connectivity index (χ0n) is 19.4. The van der Waals surface area contributed by atoms with Crippen molar-refractivity contribution < 1.29 is 9.59 Å². The predicted molar refractivity (Wildman–Crippen MR) is 135 cm³/mol. The van der Waals surface area contributed by atoms with E-state index < -0.39 is 0 Å². The molecule has 2 aromatic carbocycles. The normalized spacial score (nSPS) is 11.6. The highest BCUT2D eigenvalue weighted by molar-refractivity contribution is 7.09. The molecule has 3 aromatic rings. The summed E-state index contributed by atoms with van der Waals surface area (Å²) >= 11 is 1.64. The average molecular weight is 464 g/mol. The Kier molecular flexibility index (Phi) is 9.51. The minimum absolute atomic E-state index is 0.0505. The lowest BCUT2D eigenvalue weighted by Crippen LogP contribution is -2.47. The first kappa shape index (κ1) is 24.5. The standard InChI is InChI=1S/C27H33N3O2S/c1-3-22(2)18-30(27(32)28-17-23-11-6-4-7-12-23)21-26(31)29(20-25-15-10-16-33-25)19-24-13-8-5-9-14-24/h4-16,22H,3,17-21H2,1-2H3,(H,28,32). The molecule has 3 amide bonds. The van der Waals surface area contributed by atoms with Crippen LogP contribution in [0.25, 0.3) is 0 Å². The molecule has 6 heteroatoms. The summed E-state index contributed by atoms with van der Waals surface area (Å²) in [6, 6.07) is 23.6. The number of carbonyl (C=O) groups excluding carboxylic acids is 2. The van der Waals surface area contributed by atoms with Crippen molar-refractivity contribution in [3.8, 4) is 0 Å². The van der Waals surface area contributed by atoms with Gasteiger partial charge in [0.2, 0.25) is 5.91 Å². The number of amides is 3. The van der Waals surface area contributed by atoms with Gasteiger partial charge in [-0.3, -0.25) is 4.79 Å². The van der Waals surface area contributed by atoms with Crippen LogP contribution in [0.3, 0.4) is 0 Å². The smallest absolute Gasteiger partial charge is 0.318 e. The van der Waals surface area contributed by atoms with E-state index in [4.69, 9.17) is 0 Å². The second-order valence-electron chi connectivity index (χ2n) is 8.35. The van der Waals surface area contributed by atoms with Crippen LogP contribution in [0, 0.1) is 5.92 Å². The van der Waals surface area contributed by atoms with Gasteiger partial charge in [-0.2, -0.15) is 0 Å². The van der Waals surface area contributed by atoms with Crippen molar-refractivity contribution in [2.24, 2.45) is 5.92 Å². The van der Waals surface area contributed by atoms with E-state index >= 15 is 0 Å². The fraction of sp³-hybridized carbons (Fsp3) is 0.333. The second kappa shape index (κ2) is 12.8. The molecule has 0 aliphatic rings. The molecular formula is C27H33N3O2S. The number of rotatable bonds is 11. The Bertz CT molecular complexity index is 977. The van der Waals surface area contributed by atoms with Gasteiger partial charge in [-0.1, -0.05) is 87.0 Å². The third kappa shape index (κ3) is 8.06. The van der Waals surface area contributed by atoms with E-state index in [1.165, 1.54) is 0 Å². The first-order chi connectivity index (χ1) is 16.0. The Morgan fingerprint density at radius 3 is 2.15 bits per heavy atom. The van der Waals surface area contributed by atoms with Crippen LogP contribution in [0.4, 0.5) is 4.79 Å². The van der Waals surface area contributed by atoms with Crippen LogP contribution in [-0.4, -0.2) is 34.8 Å². The summed E-state index contributed by atoms with van der Waals surface area (Å²) < 4.78 is 0. The zero-order valence-corrected chi connectivity index (χ0v) is 20.3. The minimum atomic E-state index is -0.205. The molecule has 3 rings (SSSR count). The first-order valence-corrected chi connectivity index (χ1v) is 12.3. The van der Waals surface area contributed by atoms with Gasteiger partial charge in [0.1, 0.15) is 6.54 Å². The second-order valence-corrected chi connectivity index (χ2v) is 9.39. The number of nitrogens with zero attached hydrogens (tertiary/aromatic N) is 2. The lowest BCUT2D eigenvalue weighted by molar-refractivity contribution is -0.133. The van der Waals surface area contributed by atoms with Gasteiger partial charge in [0.25, 0.3) is 0 Å². The molecule has 33 heavy (non-hydrogen) atoms. The molecule has 1 unspecified atom stereocenters. The van der Waals surface area contributed by atoms with E-state index in [9.17, 15) is 9.59 Å². The number of carbonyl (C=O) groups is 2. The van der Waals surface area contributed by atoms with Gasteiger partial charge < -0.3 is 15.1 Å². The molecular weight excluding hydrogens is 430 g/mol. The topological polar surface area (TPSA) is 52.7 Å². The fourth-order valence-electron chi connectivity index (χ4n) is 3.50. The third-order valence-corrected chi connectivity index (χ3v) is 6.49. The van der Waals surface area contributed by atoms with Crippen molar-refractivity contribution in [2.45, 2.75) is 39.9 Å². The summed E-state index contributed by atoms with van der Waals surface area (Å²) in [5, 5.41) is 5.01. The van der Waals surface area contributed by atoms with Crippen LogP contribution in [0.5, 0.6) is 0 Å². The van der Waals surface area contributed by atoms with Crippen molar-refractivity contribution in [1.82, 2.24) is 15.1 Å². The fourth-order valence-corrected chi connectivity index (χ4v) is 4.22. The monoisotopic (exact) mass is 463 g/mol. The van der Waals surface area contributed by atoms with E-state index in [1.54, 1.807) is 16.2 Å². The summed E-state index contributed by atoms with van der Waals surface area (Å²) in [5.74, 6) is 0.255. The molecule has 0 aliphatic carbocycles. The zero-order chi connectivity index (χ0) is 23.5. The largest absolute Gasteiger partial charge is 0.334 e. The number of hydrogen-bond acceptors (Lipinski definition) is 3. The summed E-state index contributed by atoms with van der Waals surface area (Å²) in [4.78, 5) is 31.1. The number of nitrogens with one attached hydrogen (secondary N) is 1. The molecule has 0 saturated carbocycles. The highest BCUT2D eigenvalue weighted by Crippen LogP contribution is 2.16. The van der Waals surface area contributed by atoms with Crippen LogP contribution < -0.4 is 5.32 Å². The predicted octanol–water partition coefficient (Wildman–Crippen LogP) is 5.53. The maximum Gasteiger partial charge on any atom is 0.318 e. The Morgan fingerprint density at radius 1 is 0.879 bits per heavy atom. The Hall–Kier alpha value is -3.12. The molecule has 1 aromatic heterocycles. The van der Waals surface area contributed by atoms with Crippen molar-refractivity contribution in [3.63, 3.8) is 0 Å². The van der Waals surface area contributed by atoms with Crippen LogP contribution in [0.15, 0.2) is 78.2 Å². The number of benzene rings is 2. The van der Waals surface area contributed by atoms with Gasteiger partial charge in [-0.15, -0.1) is 11.3 Å². The molecule has 0 aliphatic heterocycles. The lowest BCUT2D eigenvalue weighted by atomic mass is 10.1. The Balaban J connectivity index is 1.71. The van der Waals surface area contributed by atoms with Crippen LogP contribution in [0.2, 0.25) is 0 Å². The molecule has 1 atom stereocenters. The molecule has 0 saturated heterocycles. The maximum absolute atomic E-state index is 13.4. The molecule has 5 nitrogen and oxygen atoms in total. The minimum Gasteiger partial charge on any atom is -0.334 e. The molecule has 0 spiro atoms. The summed E-state index contributed by atoms with van der Waals surface area (Å²) in [6.45, 7) is 6.30. The highest BCUT2D eigenvalue weighted by atomic mass is 32.1. The number of thiophene rings is 1. The van der Waals surface area contributed by atoms with Crippen LogP contribution >= 0.6 is 11.3 Å². The lowest BCUT2D eigenvalue weighted by Gasteiger charge is -2.29. The van der Waals surface area contributed by atoms with Crippen LogP contribution in [0.1, 0.15) is 36.3 Å². The Labute approximate surface area is 201 Å². The van der Waals surface area contributed by atoms with Crippen molar-refractivity contribution >= 4 is 23.3 Å². The van der Waals surface area contributed by atoms with E-state index in [1.807, 2.05) is 83.1 Å². The molecule has 0 bridgehead atoms. The van der Waals surface area contributed by atoms with Gasteiger partial charge in [-0.05, 0) is 28.5 Å². The van der Waals surface area contributed by atoms with Gasteiger partial charge in [0.15, 0.2) is 0 Å². The van der Waals surface area contributed by atoms with E-state index in [-0.39, 0.29) is 18.5 Å². The number of urea groups is 1. The van der Waals surface area contributed by atoms with Gasteiger partial charge in [0, 0.05) is 24.5 Å². The van der Waals surface area contributed by atoms with E-state index in [2.05, 4.69) is 19.2 Å². The third-order valence-electron chi connectivity index (χ3n) is 5.62. The Morgan fingerprint density at radius 2 is 1.55 bits per heavy atom. The number of hydrogen-bond donors (Lipinski definition) is 1. The molecule has 1 N–H and O–H groups in total. The summed E-state index contributed by atoms with van der Waals surface area (Å²) in [7, 11) is 0. The quantitative estimate of drug-likeness (QED) is 0.406. The van der Waals surface area contributed by atoms with Crippen molar-refractivity contribution in [3.05, 3.63) is 94.2 Å². The van der Waals surface area contributed by atoms with Gasteiger partial charge in [-0.25, -0.2) is 4.79 Å².